The van der Waals surface area contributed by atoms with Crippen LogP contribution in [-0.4, -0.2) is 28.0 Å². The summed E-state index contributed by atoms with van der Waals surface area (Å²) >= 11 is 0. The average molecular weight is 210 g/mol. The molecule has 0 aromatic carbocycles. The first-order valence-corrected chi connectivity index (χ1v) is 4.97. The molecule has 0 atom stereocenters. The fourth-order valence-electron chi connectivity index (χ4n) is 1.35. The summed E-state index contributed by atoms with van der Waals surface area (Å²) in [7, 11) is 3.51. The van der Waals surface area contributed by atoms with Gasteiger partial charge in [-0.25, -0.2) is 4.98 Å². The van der Waals surface area contributed by atoms with Gasteiger partial charge in [-0.1, -0.05) is 0 Å². The summed E-state index contributed by atoms with van der Waals surface area (Å²) in [6.07, 6.45) is 4.32. The van der Waals surface area contributed by atoms with Crippen molar-refractivity contribution in [2.45, 2.75) is 32.3 Å². The highest BCUT2D eigenvalue weighted by Crippen LogP contribution is 2.14. The van der Waals surface area contributed by atoms with E-state index in [0.717, 1.165) is 5.82 Å². The number of imidazole rings is 1. The Hall–Kier alpha value is -1.16. The van der Waals surface area contributed by atoms with Gasteiger partial charge in [0.1, 0.15) is 11.6 Å². The molecule has 1 rings (SSSR count). The first-order chi connectivity index (χ1) is 6.94. The zero-order valence-electron chi connectivity index (χ0n) is 9.78. The first kappa shape index (κ1) is 11.9. The molecule has 0 fully saturated rings. The second-order valence-corrected chi connectivity index (χ2v) is 4.31. The summed E-state index contributed by atoms with van der Waals surface area (Å²) in [6.45, 7) is 3.81. The van der Waals surface area contributed by atoms with Crippen LogP contribution in [0, 0.1) is 0 Å². The zero-order chi connectivity index (χ0) is 11.5. The van der Waals surface area contributed by atoms with Crippen molar-refractivity contribution in [2.75, 3.05) is 7.11 Å². The summed E-state index contributed by atoms with van der Waals surface area (Å²) in [5.41, 5.74) is -0.387. The molecule has 15 heavy (non-hydrogen) atoms. The molecule has 4 nitrogen and oxygen atoms in total. The highest BCUT2D eigenvalue weighted by atomic mass is 16.5. The van der Waals surface area contributed by atoms with Crippen LogP contribution in [0.1, 0.15) is 26.1 Å². The lowest BCUT2D eigenvalue weighted by atomic mass is 10.00. The highest BCUT2D eigenvalue weighted by molar-refractivity contribution is 5.81. The van der Waals surface area contributed by atoms with Crippen LogP contribution in [0.15, 0.2) is 12.4 Å². The molecular formula is C11H18N2O2. The average Bonchev–Trinajstić information content (AvgIpc) is 2.51. The van der Waals surface area contributed by atoms with Crippen LogP contribution in [0.2, 0.25) is 0 Å². The number of carbonyl (C=O) groups excluding carboxylic acids is 1. The van der Waals surface area contributed by atoms with Gasteiger partial charge in [-0.3, -0.25) is 4.79 Å². The summed E-state index contributed by atoms with van der Waals surface area (Å²) in [4.78, 5) is 15.8. The Kier molecular flexibility index (Phi) is 3.63. The smallest absolute Gasteiger partial charge is 0.143 e. The van der Waals surface area contributed by atoms with E-state index in [1.54, 1.807) is 13.3 Å². The van der Waals surface area contributed by atoms with E-state index in [0.29, 0.717) is 12.8 Å². The van der Waals surface area contributed by atoms with Crippen molar-refractivity contribution in [1.82, 2.24) is 9.55 Å². The maximum atomic E-state index is 11.7. The minimum atomic E-state index is -0.387. The normalized spacial score (nSPS) is 11.7. The zero-order valence-corrected chi connectivity index (χ0v) is 9.78. The van der Waals surface area contributed by atoms with E-state index in [9.17, 15) is 4.79 Å². The molecule has 4 heteroatoms. The fourth-order valence-corrected chi connectivity index (χ4v) is 1.35. The van der Waals surface area contributed by atoms with Gasteiger partial charge in [0.15, 0.2) is 0 Å². The number of Topliss-reactive ketones (excluding diaryl/α,β-unsaturated/α-hetero) is 1. The molecule has 0 radical (unpaired) electrons. The van der Waals surface area contributed by atoms with Crippen molar-refractivity contribution in [3.05, 3.63) is 18.2 Å². The van der Waals surface area contributed by atoms with Crippen LogP contribution in [0.4, 0.5) is 0 Å². The number of ether oxygens (including phenoxy) is 1. The molecule has 84 valence electrons. The topological polar surface area (TPSA) is 44.1 Å². The quantitative estimate of drug-likeness (QED) is 0.736. The lowest BCUT2D eigenvalue weighted by molar-refractivity contribution is -0.123. The molecule has 1 aromatic rings. The Morgan fingerprint density at radius 3 is 2.73 bits per heavy atom. The lowest BCUT2D eigenvalue weighted by Crippen LogP contribution is -2.27. The number of ketones is 1. The predicted octanol–water partition coefficient (Wildman–Crippen LogP) is 1.35. The van der Waals surface area contributed by atoms with Gasteiger partial charge in [-0.2, -0.15) is 0 Å². The lowest BCUT2D eigenvalue weighted by Gasteiger charge is -2.21. The van der Waals surface area contributed by atoms with E-state index < -0.39 is 0 Å². The summed E-state index contributed by atoms with van der Waals surface area (Å²) in [6, 6.07) is 0. The van der Waals surface area contributed by atoms with Crippen molar-refractivity contribution in [3.63, 3.8) is 0 Å². The van der Waals surface area contributed by atoms with Crippen molar-refractivity contribution in [3.8, 4) is 0 Å². The van der Waals surface area contributed by atoms with Crippen LogP contribution < -0.4 is 0 Å². The number of hydrogen-bond acceptors (Lipinski definition) is 3. The van der Waals surface area contributed by atoms with Crippen molar-refractivity contribution in [1.29, 1.82) is 0 Å². The number of methoxy groups -OCH3 is 1. The number of rotatable bonds is 5. The number of aromatic nitrogens is 2. The summed E-state index contributed by atoms with van der Waals surface area (Å²) in [5.74, 6) is 0.947. The van der Waals surface area contributed by atoms with Gasteiger partial charge < -0.3 is 9.30 Å². The third kappa shape index (κ3) is 3.47. The molecule has 0 aliphatic heterocycles. The minimum Gasteiger partial charge on any atom is -0.378 e. The number of hydrogen-bond donors (Lipinski definition) is 0. The maximum absolute atomic E-state index is 11.7. The Morgan fingerprint density at radius 2 is 2.27 bits per heavy atom. The van der Waals surface area contributed by atoms with Gasteiger partial charge in [0.2, 0.25) is 0 Å². The van der Waals surface area contributed by atoms with E-state index in [2.05, 4.69) is 4.98 Å². The standard InChI is InChI=1S/C11H18N2O2/c1-11(2,15-4)8-9(14)7-10-12-5-6-13(10)3/h5-6H,7-8H2,1-4H3. The van der Waals surface area contributed by atoms with E-state index in [4.69, 9.17) is 4.74 Å². The van der Waals surface area contributed by atoms with Gasteiger partial charge in [-0.05, 0) is 13.8 Å². The Morgan fingerprint density at radius 1 is 1.60 bits per heavy atom. The van der Waals surface area contributed by atoms with Crippen molar-refractivity contribution < 1.29 is 9.53 Å². The van der Waals surface area contributed by atoms with Crippen LogP contribution in [0.25, 0.3) is 0 Å². The molecule has 0 aliphatic rings. The minimum absolute atomic E-state index is 0.149. The molecular weight excluding hydrogens is 192 g/mol. The maximum Gasteiger partial charge on any atom is 0.143 e. The van der Waals surface area contributed by atoms with Gasteiger partial charge in [-0.15, -0.1) is 0 Å². The third-order valence-electron chi connectivity index (χ3n) is 2.45. The third-order valence-corrected chi connectivity index (χ3v) is 2.45. The Bertz CT molecular complexity index is 342. The van der Waals surface area contributed by atoms with E-state index in [1.807, 2.05) is 31.7 Å². The van der Waals surface area contributed by atoms with E-state index >= 15 is 0 Å². The van der Waals surface area contributed by atoms with Crippen LogP contribution in [0.3, 0.4) is 0 Å². The van der Waals surface area contributed by atoms with E-state index in [-0.39, 0.29) is 11.4 Å². The van der Waals surface area contributed by atoms with Crippen molar-refractivity contribution >= 4 is 5.78 Å². The molecule has 0 unspecified atom stereocenters. The molecule has 1 heterocycles. The second-order valence-electron chi connectivity index (χ2n) is 4.31. The summed E-state index contributed by atoms with van der Waals surface area (Å²) in [5, 5.41) is 0. The Balaban J connectivity index is 2.54. The molecule has 1 aromatic heterocycles. The number of nitrogens with zero attached hydrogens (tertiary/aromatic N) is 2. The molecule has 0 saturated carbocycles. The molecule has 0 bridgehead atoms. The van der Waals surface area contributed by atoms with Crippen molar-refractivity contribution in [2.24, 2.45) is 7.05 Å². The number of aryl methyl sites for hydroxylation is 1. The van der Waals surface area contributed by atoms with Gasteiger partial charge in [0.25, 0.3) is 0 Å². The highest BCUT2D eigenvalue weighted by Gasteiger charge is 2.21. The summed E-state index contributed by atoms with van der Waals surface area (Å²) < 4.78 is 7.07. The first-order valence-electron chi connectivity index (χ1n) is 4.97. The molecule has 0 saturated heterocycles. The number of carbonyl (C=O) groups is 1. The SMILES string of the molecule is COC(C)(C)CC(=O)Cc1nccn1C. The molecule has 0 spiro atoms. The second kappa shape index (κ2) is 4.57. The molecule has 0 aliphatic carbocycles. The van der Waals surface area contributed by atoms with Gasteiger partial charge in [0.05, 0.1) is 12.0 Å². The predicted molar refractivity (Wildman–Crippen MR) is 57.6 cm³/mol. The van der Waals surface area contributed by atoms with E-state index in [1.165, 1.54) is 0 Å². The van der Waals surface area contributed by atoms with Crippen LogP contribution in [0.5, 0.6) is 0 Å². The van der Waals surface area contributed by atoms with Crippen LogP contribution in [-0.2, 0) is 23.0 Å². The molecule has 0 N–H and O–H groups in total. The van der Waals surface area contributed by atoms with Gasteiger partial charge >= 0.3 is 0 Å². The largest absolute Gasteiger partial charge is 0.378 e. The van der Waals surface area contributed by atoms with Gasteiger partial charge in [0, 0.05) is 33.0 Å². The monoisotopic (exact) mass is 210 g/mol. The Labute approximate surface area is 90.3 Å². The van der Waals surface area contributed by atoms with Crippen LogP contribution >= 0.6 is 0 Å². The fraction of sp³-hybridized carbons (Fsp3) is 0.636. The molecule has 0 amide bonds.